The van der Waals surface area contributed by atoms with Crippen molar-refractivity contribution in [3.63, 3.8) is 0 Å². The highest BCUT2D eigenvalue weighted by Crippen LogP contribution is 2.17. The van der Waals surface area contributed by atoms with Gasteiger partial charge in [-0.15, -0.1) is 0 Å². The predicted octanol–water partition coefficient (Wildman–Crippen LogP) is 7.37. The van der Waals surface area contributed by atoms with E-state index in [-0.39, 0.29) is 0 Å². The van der Waals surface area contributed by atoms with E-state index < -0.39 is 8.80 Å². The monoisotopic (exact) mass is 458 g/mol. The Morgan fingerprint density at radius 2 is 1.00 bits per heavy atom. The van der Waals surface area contributed by atoms with Crippen molar-refractivity contribution in [2.75, 3.05) is 48.5 Å². The lowest BCUT2D eigenvalue weighted by Crippen LogP contribution is -2.45. The lowest BCUT2D eigenvalue weighted by molar-refractivity contribution is -0.890. The number of nitrogens with zero attached hydrogens (tertiary/aromatic N) is 1. The molecule has 0 bridgehead atoms. The summed E-state index contributed by atoms with van der Waals surface area (Å²) in [4.78, 5) is 0. The van der Waals surface area contributed by atoms with Crippen LogP contribution < -0.4 is 0 Å². The Morgan fingerprint density at radius 1 is 0.581 bits per heavy atom. The van der Waals surface area contributed by atoms with Crippen molar-refractivity contribution in [1.82, 2.24) is 0 Å². The fraction of sp³-hybridized carbons (Fsp3) is 0.923. The highest BCUT2D eigenvalue weighted by molar-refractivity contribution is 6.60. The Kier molecular flexibility index (Phi) is 20.3. The maximum absolute atomic E-state index is 5.53. The molecular weight excluding hydrogens is 402 g/mol. The molecule has 31 heavy (non-hydrogen) atoms. The number of hydrogen-bond donors (Lipinski definition) is 0. The normalized spacial score (nSPS) is 12.8. The Hall–Kier alpha value is -0.203. The first kappa shape index (κ1) is 30.8. The van der Waals surface area contributed by atoms with Crippen LogP contribution in [0.1, 0.15) is 103 Å². The van der Waals surface area contributed by atoms with Crippen molar-refractivity contribution >= 4 is 8.80 Å². The van der Waals surface area contributed by atoms with Crippen LogP contribution in [0.5, 0.6) is 0 Å². The number of rotatable bonds is 23. The van der Waals surface area contributed by atoms with Gasteiger partial charge in [-0.25, -0.2) is 0 Å². The standard InChI is InChI=1S/C26H56NO3Si/c1-7-8-9-10-11-12-13-14-15-16-17-18-19-20-21-22-24-27(2,3)25-23-26-31(28-4,29-5)30-6/h14-15H,7-13,16-26H2,1-6H3/q+1. The highest BCUT2D eigenvalue weighted by atomic mass is 28.4. The summed E-state index contributed by atoms with van der Waals surface area (Å²) in [6.07, 6.45) is 25.1. The molecule has 0 aliphatic carbocycles. The molecule has 0 rings (SSSR count). The van der Waals surface area contributed by atoms with Crippen molar-refractivity contribution in [3.8, 4) is 0 Å². The van der Waals surface area contributed by atoms with Crippen LogP contribution in [0.4, 0.5) is 0 Å². The van der Waals surface area contributed by atoms with E-state index in [1.807, 2.05) is 0 Å². The van der Waals surface area contributed by atoms with Crippen LogP contribution in [0.15, 0.2) is 12.2 Å². The maximum atomic E-state index is 5.53. The molecule has 0 aromatic carbocycles. The maximum Gasteiger partial charge on any atom is 0.500 e. The summed E-state index contributed by atoms with van der Waals surface area (Å²) in [5, 5.41) is 0. The fourth-order valence-corrected chi connectivity index (χ4v) is 5.88. The second kappa shape index (κ2) is 20.4. The summed E-state index contributed by atoms with van der Waals surface area (Å²) < 4.78 is 17.7. The van der Waals surface area contributed by atoms with Crippen LogP contribution in [0.25, 0.3) is 0 Å². The Morgan fingerprint density at radius 3 is 1.48 bits per heavy atom. The molecule has 0 aromatic rings. The first-order valence-corrected chi connectivity index (χ1v) is 15.0. The number of quaternary nitrogens is 1. The molecule has 0 saturated carbocycles. The summed E-state index contributed by atoms with van der Waals surface area (Å²) >= 11 is 0. The minimum Gasteiger partial charge on any atom is -0.377 e. The smallest absolute Gasteiger partial charge is 0.377 e. The molecule has 0 radical (unpaired) electrons. The lowest BCUT2D eigenvalue weighted by atomic mass is 10.1. The van der Waals surface area contributed by atoms with E-state index in [1.165, 1.54) is 96.4 Å². The molecule has 0 aliphatic rings. The molecule has 0 N–H and O–H groups in total. The second-order valence-electron chi connectivity index (χ2n) is 9.72. The van der Waals surface area contributed by atoms with Crippen LogP contribution in [0, 0.1) is 0 Å². The van der Waals surface area contributed by atoms with Crippen molar-refractivity contribution in [1.29, 1.82) is 0 Å². The van der Waals surface area contributed by atoms with Gasteiger partial charge in [0.25, 0.3) is 0 Å². The molecule has 186 valence electrons. The van der Waals surface area contributed by atoms with E-state index in [2.05, 4.69) is 33.2 Å². The van der Waals surface area contributed by atoms with Crippen molar-refractivity contribution in [3.05, 3.63) is 12.2 Å². The third-order valence-electron chi connectivity index (χ3n) is 6.45. The average Bonchev–Trinajstić information content (AvgIpc) is 2.76. The molecule has 0 spiro atoms. The van der Waals surface area contributed by atoms with E-state index in [0.29, 0.717) is 0 Å². The van der Waals surface area contributed by atoms with Gasteiger partial charge in [-0.2, -0.15) is 0 Å². The van der Waals surface area contributed by atoms with E-state index in [0.717, 1.165) is 23.5 Å². The van der Waals surface area contributed by atoms with E-state index in [9.17, 15) is 0 Å². The topological polar surface area (TPSA) is 27.7 Å². The van der Waals surface area contributed by atoms with Crippen molar-refractivity contribution in [2.45, 2.75) is 109 Å². The molecule has 0 aromatic heterocycles. The Labute approximate surface area is 196 Å². The molecule has 0 atom stereocenters. The van der Waals surface area contributed by atoms with Crippen molar-refractivity contribution in [2.24, 2.45) is 0 Å². The molecular formula is C26H56NO3Si+. The zero-order valence-corrected chi connectivity index (χ0v) is 23.1. The molecule has 0 heterocycles. The molecule has 0 unspecified atom stereocenters. The zero-order chi connectivity index (χ0) is 23.3. The summed E-state index contributed by atoms with van der Waals surface area (Å²) in [6, 6.07) is 0.894. The van der Waals surface area contributed by atoms with Crippen LogP contribution in [0.3, 0.4) is 0 Å². The van der Waals surface area contributed by atoms with E-state index >= 15 is 0 Å². The first-order chi connectivity index (χ1) is 14.9. The minimum atomic E-state index is -2.41. The Balaban J connectivity index is 3.55. The fourth-order valence-electron chi connectivity index (χ4n) is 4.18. The van der Waals surface area contributed by atoms with Gasteiger partial charge >= 0.3 is 8.80 Å². The summed E-state index contributed by atoms with van der Waals surface area (Å²) in [5.74, 6) is 0. The van der Waals surface area contributed by atoms with Crippen LogP contribution in [0.2, 0.25) is 6.04 Å². The zero-order valence-electron chi connectivity index (χ0n) is 22.1. The van der Waals surface area contributed by atoms with Gasteiger partial charge in [-0.1, -0.05) is 70.4 Å². The van der Waals surface area contributed by atoms with Crippen LogP contribution in [-0.4, -0.2) is 61.8 Å². The number of unbranched alkanes of at least 4 members (excludes halogenated alkanes) is 12. The van der Waals surface area contributed by atoms with Gasteiger partial charge < -0.3 is 17.8 Å². The minimum absolute atomic E-state index is 0.894. The SMILES string of the molecule is CCCCCCCCC=CCCCCCCCC[N+](C)(C)CCC[Si](OC)(OC)OC. The van der Waals surface area contributed by atoms with Gasteiger partial charge in [0.15, 0.2) is 0 Å². The van der Waals surface area contributed by atoms with Gasteiger partial charge in [0.1, 0.15) is 0 Å². The second-order valence-corrected chi connectivity index (χ2v) is 12.8. The Bertz CT molecular complexity index is 403. The molecule has 0 amide bonds. The first-order valence-electron chi connectivity index (χ1n) is 13.1. The van der Waals surface area contributed by atoms with E-state index in [4.69, 9.17) is 13.3 Å². The largest absolute Gasteiger partial charge is 0.500 e. The van der Waals surface area contributed by atoms with Crippen LogP contribution in [-0.2, 0) is 13.3 Å². The third kappa shape index (κ3) is 18.0. The molecule has 0 saturated heterocycles. The lowest BCUT2D eigenvalue weighted by Gasteiger charge is -2.31. The number of hydrogen-bond acceptors (Lipinski definition) is 3. The summed E-state index contributed by atoms with van der Waals surface area (Å²) in [5.41, 5.74) is 0. The van der Waals surface area contributed by atoms with Gasteiger partial charge in [-0.3, -0.25) is 0 Å². The quantitative estimate of drug-likeness (QED) is 0.0692. The van der Waals surface area contributed by atoms with Gasteiger partial charge in [0, 0.05) is 33.8 Å². The molecule has 4 nitrogen and oxygen atoms in total. The van der Waals surface area contributed by atoms with Gasteiger partial charge in [-0.05, 0) is 38.5 Å². The summed E-state index contributed by atoms with van der Waals surface area (Å²) in [6.45, 7) is 4.69. The van der Waals surface area contributed by atoms with E-state index in [1.54, 1.807) is 21.3 Å². The molecule has 0 fully saturated rings. The predicted molar refractivity (Wildman–Crippen MR) is 137 cm³/mol. The average molecular weight is 459 g/mol. The molecule has 0 aliphatic heterocycles. The van der Waals surface area contributed by atoms with Crippen molar-refractivity contribution < 1.29 is 17.8 Å². The third-order valence-corrected chi connectivity index (χ3v) is 9.29. The summed E-state index contributed by atoms with van der Waals surface area (Å²) in [7, 11) is 7.37. The number of allylic oxidation sites excluding steroid dienone is 2. The van der Waals surface area contributed by atoms with Gasteiger partial charge in [0.05, 0.1) is 27.2 Å². The van der Waals surface area contributed by atoms with Crippen LogP contribution >= 0.6 is 0 Å². The molecule has 5 heteroatoms. The highest BCUT2D eigenvalue weighted by Gasteiger charge is 2.37. The van der Waals surface area contributed by atoms with Gasteiger partial charge in [0.2, 0.25) is 0 Å².